The highest BCUT2D eigenvalue weighted by atomic mass is 16.7. The molecule has 3 heterocycles. The molecule has 1 aromatic rings. The molecule has 0 unspecified atom stereocenters. The average molecular weight is 260 g/mol. The van der Waals surface area contributed by atoms with Gasteiger partial charge in [-0.15, -0.1) is 0 Å². The van der Waals surface area contributed by atoms with E-state index in [-0.39, 0.29) is 5.79 Å². The zero-order valence-electron chi connectivity index (χ0n) is 11.2. The first-order chi connectivity index (χ1) is 9.35. The van der Waals surface area contributed by atoms with Crippen LogP contribution >= 0.6 is 0 Å². The maximum atomic E-state index is 5.83. The van der Waals surface area contributed by atoms with E-state index >= 15 is 0 Å². The average Bonchev–Trinajstić information content (AvgIpc) is 3.07. The Labute approximate surface area is 113 Å². The number of ether oxygens (including phenoxy) is 2. The lowest BCUT2D eigenvalue weighted by Gasteiger charge is -2.39. The molecule has 0 atom stereocenters. The van der Waals surface area contributed by atoms with Crippen molar-refractivity contribution in [2.45, 2.75) is 37.9 Å². The van der Waals surface area contributed by atoms with Gasteiger partial charge in [-0.25, -0.2) is 4.98 Å². The predicted molar refractivity (Wildman–Crippen MR) is 72.3 cm³/mol. The third kappa shape index (κ3) is 2.03. The molecule has 0 amide bonds. The van der Waals surface area contributed by atoms with Crippen LogP contribution in [0, 0.1) is 0 Å². The van der Waals surface area contributed by atoms with Gasteiger partial charge in [0.05, 0.1) is 19.8 Å². The van der Waals surface area contributed by atoms with E-state index in [2.05, 4.69) is 17.0 Å². The molecule has 0 radical (unpaired) electrons. The van der Waals surface area contributed by atoms with Gasteiger partial charge in [0.2, 0.25) is 0 Å². The normalized spacial score (nSPS) is 24.9. The molecule has 0 N–H and O–H groups in total. The first-order valence-corrected chi connectivity index (χ1v) is 7.36. The SMILES string of the molecule is c1cc2c(nc1N1CCCC3(C1)OCCO3)CCC2. The molecule has 1 aromatic heterocycles. The number of anilines is 1. The second-order valence-corrected chi connectivity index (χ2v) is 5.76. The van der Waals surface area contributed by atoms with Gasteiger partial charge < -0.3 is 14.4 Å². The first kappa shape index (κ1) is 11.7. The van der Waals surface area contributed by atoms with Crippen LogP contribution in [0.5, 0.6) is 0 Å². The van der Waals surface area contributed by atoms with E-state index in [1.54, 1.807) is 0 Å². The van der Waals surface area contributed by atoms with Crippen molar-refractivity contribution in [3.8, 4) is 0 Å². The van der Waals surface area contributed by atoms with Crippen LogP contribution in [0.2, 0.25) is 0 Å². The van der Waals surface area contributed by atoms with E-state index in [9.17, 15) is 0 Å². The van der Waals surface area contributed by atoms with Gasteiger partial charge in [0.1, 0.15) is 5.82 Å². The number of piperidine rings is 1. The second kappa shape index (κ2) is 4.46. The van der Waals surface area contributed by atoms with Crippen LogP contribution in [-0.2, 0) is 22.3 Å². The molecule has 1 spiro atoms. The van der Waals surface area contributed by atoms with Crippen LogP contribution in [-0.4, -0.2) is 37.1 Å². The highest BCUT2D eigenvalue weighted by molar-refractivity contribution is 5.44. The van der Waals surface area contributed by atoms with Crippen molar-refractivity contribution in [3.63, 3.8) is 0 Å². The maximum Gasteiger partial charge on any atom is 0.186 e. The molecule has 2 fully saturated rings. The van der Waals surface area contributed by atoms with Crippen molar-refractivity contribution in [1.29, 1.82) is 0 Å². The molecule has 102 valence electrons. The first-order valence-electron chi connectivity index (χ1n) is 7.36. The minimum Gasteiger partial charge on any atom is -0.351 e. The summed E-state index contributed by atoms with van der Waals surface area (Å²) in [5.74, 6) is 0.734. The van der Waals surface area contributed by atoms with Crippen molar-refractivity contribution in [3.05, 3.63) is 23.4 Å². The highest BCUT2D eigenvalue weighted by Crippen LogP contribution is 2.32. The summed E-state index contributed by atoms with van der Waals surface area (Å²) in [6.45, 7) is 3.33. The molecule has 4 heteroatoms. The third-order valence-electron chi connectivity index (χ3n) is 4.47. The van der Waals surface area contributed by atoms with Crippen LogP contribution in [0.15, 0.2) is 12.1 Å². The molecule has 0 bridgehead atoms. The van der Waals surface area contributed by atoms with Gasteiger partial charge in [0.15, 0.2) is 5.79 Å². The summed E-state index contributed by atoms with van der Waals surface area (Å²) >= 11 is 0. The zero-order valence-corrected chi connectivity index (χ0v) is 11.2. The van der Waals surface area contributed by atoms with Crippen molar-refractivity contribution < 1.29 is 9.47 Å². The van der Waals surface area contributed by atoms with Crippen LogP contribution in [0.1, 0.15) is 30.5 Å². The number of aryl methyl sites for hydroxylation is 2. The molecular weight excluding hydrogens is 240 g/mol. The lowest BCUT2D eigenvalue weighted by atomic mass is 10.0. The topological polar surface area (TPSA) is 34.6 Å². The van der Waals surface area contributed by atoms with Crippen molar-refractivity contribution in [2.24, 2.45) is 0 Å². The fourth-order valence-electron chi connectivity index (χ4n) is 3.50. The summed E-state index contributed by atoms with van der Waals surface area (Å²) in [5.41, 5.74) is 2.73. The van der Waals surface area contributed by atoms with Gasteiger partial charge in [-0.05, 0) is 37.3 Å². The lowest BCUT2D eigenvalue weighted by Crippen LogP contribution is -2.49. The smallest absolute Gasteiger partial charge is 0.186 e. The molecule has 0 aromatic carbocycles. The van der Waals surface area contributed by atoms with Gasteiger partial charge in [-0.2, -0.15) is 0 Å². The fraction of sp³-hybridized carbons (Fsp3) is 0.667. The molecule has 19 heavy (non-hydrogen) atoms. The summed E-state index contributed by atoms with van der Waals surface area (Å²) in [4.78, 5) is 7.17. The minimum absolute atomic E-state index is 0.362. The van der Waals surface area contributed by atoms with E-state index in [0.29, 0.717) is 0 Å². The standard InChI is InChI=1S/C15H20N2O2/c1-3-12-5-6-14(16-13(12)4-1)17-8-2-7-15(11-17)18-9-10-19-15/h5-6H,1-4,7-11H2. The molecule has 2 aliphatic heterocycles. The van der Waals surface area contributed by atoms with Gasteiger partial charge in [0, 0.05) is 18.7 Å². The number of hydrogen-bond donors (Lipinski definition) is 0. The molecule has 4 rings (SSSR count). The maximum absolute atomic E-state index is 5.83. The molecular formula is C15H20N2O2. The molecule has 1 aliphatic carbocycles. The number of hydrogen-bond acceptors (Lipinski definition) is 4. The number of pyridine rings is 1. The monoisotopic (exact) mass is 260 g/mol. The van der Waals surface area contributed by atoms with Crippen LogP contribution in [0.3, 0.4) is 0 Å². The van der Waals surface area contributed by atoms with Crippen molar-refractivity contribution >= 4 is 5.82 Å². The molecule has 4 nitrogen and oxygen atoms in total. The second-order valence-electron chi connectivity index (χ2n) is 5.76. The lowest BCUT2D eigenvalue weighted by molar-refractivity contribution is -0.161. The summed E-state index contributed by atoms with van der Waals surface area (Å²) in [7, 11) is 0. The quantitative estimate of drug-likeness (QED) is 0.772. The zero-order chi connectivity index (χ0) is 12.7. The summed E-state index contributed by atoms with van der Waals surface area (Å²) in [5, 5.41) is 0. The Morgan fingerprint density at radius 2 is 2.00 bits per heavy atom. The van der Waals surface area contributed by atoms with E-state index in [4.69, 9.17) is 14.5 Å². The summed E-state index contributed by atoms with van der Waals surface area (Å²) < 4.78 is 11.7. The van der Waals surface area contributed by atoms with Crippen molar-refractivity contribution in [2.75, 3.05) is 31.2 Å². The summed E-state index contributed by atoms with van der Waals surface area (Å²) in [6, 6.07) is 4.42. The molecule has 0 saturated carbocycles. The number of nitrogens with zero attached hydrogens (tertiary/aromatic N) is 2. The van der Waals surface area contributed by atoms with Crippen molar-refractivity contribution in [1.82, 2.24) is 4.98 Å². The highest BCUT2D eigenvalue weighted by Gasteiger charge is 2.41. The van der Waals surface area contributed by atoms with Gasteiger partial charge in [0.25, 0.3) is 0 Å². The van der Waals surface area contributed by atoms with E-state index in [1.807, 2.05) is 0 Å². The molecule has 2 saturated heterocycles. The minimum atomic E-state index is -0.362. The van der Waals surface area contributed by atoms with Crippen LogP contribution < -0.4 is 4.90 Å². The Morgan fingerprint density at radius 1 is 1.11 bits per heavy atom. The number of aromatic nitrogens is 1. The van der Waals surface area contributed by atoms with Crippen LogP contribution in [0.4, 0.5) is 5.82 Å². The van der Waals surface area contributed by atoms with Gasteiger partial charge in [-0.3, -0.25) is 0 Å². The Balaban J connectivity index is 1.58. The molecule has 3 aliphatic rings. The largest absolute Gasteiger partial charge is 0.351 e. The number of rotatable bonds is 1. The fourth-order valence-corrected chi connectivity index (χ4v) is 3.50. The van der Waals surface area contributed by atoms with Gasteiger partial charge in [-0.1, -0.05) is 6.07 Å². The Morgan fingerprint density at radius 3 is 2.89 bits per heavy atom. The Bertz CT molecular complexity index is 483. The summed E-state index contributed by atoms with van der Waals surface area (Å²) in [6.07, 6.45) is 5.70. The number of fused-ring (bicyclic) bond motifs is 1. The van der Waals surface area contributed by atoms with Crippen LogP contribution in [0.25, 0.3) is 0 Å². The van der Waals surface area contributed by atoms with Gasteiger partial charge >= 0.3 is 0 Å². The van der Waals surface area contributed by atoms with E-state index in [0.717, 1.165) is 51.4 Å². The Hall–Kier alpha value is -1.13. The Kier molecular flexibility index (Phi) is 2.74. The third-order valence-corrected chi connectivity index (χ3v) is 4.47. The predicted octanol–water partition coefficient (Wildman–Crippen LogP) is 1.91. The van der Waals surface area contributed by atoms with E-state index in [1.165, 1.54) is 24.1 Å². The van der Waals surface area contributed by atoms with E-state index < -0.39 is 0 Å².